The molecule has 2 atom stereocenters. The minimum atomic E-state index is 0.0450. The van der Waals surface area contributed by atoms with Crippen LogP contribution in [-0.4, -0.2) is 25.0 Å². The first-order valence-electron chi connectivity index (χ1n) is 6.36. The van der Waals surface area contributed by atoms with Crippen LogP contribution < -0.4 is 10.6 Å². The zero-order valence-electron chi connectivity index (χ0n) is 10.8. The van der Waals surface area contributed by atoms with E-state index in [1.807, 2.05) is 25.1 Å². The summed E-state index contributed by atoms with van der Waals surface area (Å²) in [6, 6.07) is 6.10. The van der Waals surface area contributed by atoms with Gasteiger partial charge in [-0.05, 0) is 60.0 Å². The third-order valence-electron chi connectivity index (χ3n) is 3.58. The van der Waals surface area contributed by atoms with Crippen LogP contribution in [0.4, 0.5) is 0 Å². The molecule has 0 radical (unpaired) electrons. The van der Waals surface area contributed by atoms with Crippen molar-refractivity contribution in [3.05, 3.63) is 32.9 Å². The number of rotatable bonds is 2. The highest BCUT2D eigenvalue weighted by Crippen LogP contribution is 2.18. The van der Waals surface area contributed by atoms with Gasteiger partial charge in [0.05, 0.1) is 5.56 Å². The molecule has 18 heavy (non-hydrogen) atoms. The second kappa shape index (κ2) is 6.02. The summed E-state index contributed by atoms with van der Waals surface area (Å²) < 4.78 is 1.05. The summed E-state index contributed by atoms with van der Waals surface area (Å²) in [4.78, 5) is 12.3. The largest absolute Gasteiger partial charge is 0.348 e. The quantitative estimate of drug-likeness (QED) is 0.797. The van der Waals surface area contributed by atoms with E-state index in [4.69, 9.17) is 0 Å². The molecule has 1 amide bonds. The molecule has 0 spiro atoms. The van der Waals surface area contributed by atoms with Crippen molar-refractivity contribution in [1.29, 1.82) is 0 Å². The van der Waals surface area contributed by atoms with Gasteiger partial charge in [-0.1, -0.05) is 19.1 Å². The number of carbonyl (C=O) groups excluding carboxylic acids is 1. The predicted octanol–water partition coefficient (Wildman–Crippen LogP) is 2.33. The highest BCUT2D eigenvalue weighted by atomic mass is 127. The first-order valence-corrected chi connectivity index (χ1v) is 7.44. The van der Waals surface area contributed by atoms with Gasteiger partial charge < -0.3 is 10.6 Å². The number of amides is 1. The monoisotopic (exact) mass is 358 g/mol. The number of hydrogen-bond acceptors (Lipinski definition) is 2. The van der Waals surface area contributed by atoms with Gasteiger partial charge in [0.25, 0.3) is 5.91 Å². The Balaban J connectivity index is 2.09. The fourth-order valence-corrected chi connectivity index (χ4v) is 2.86. The number of benzene rings is 1. The molecule has 0 aliphatic carbocycles. The van der Waals surface area contributed by atoms with E-state index < -0.39 is 0 Å². The summed E-state index contributed by atoms with van der Waals surface area (Å²) in [6.45, 7) is 6.15. The van der Waals surface area contributed by atoms with E-state index >= 15 is 0 Å². The molecule has 2 N–H and O–H groups in total. The first kappa shape index (κ1) is 13.8. The summed E-state index contributed by atoms with van der Waals surface area (Å²) in [7, 11) is 0. The Morgan fingerprint density at radius 1 is 1.50 bits per heavy atom. The van der Waals surface area contributed by atoms with E-state index in [0.29, 0.717) is 5.92 Å². The molecule has 1 aliphatic rings. The van der Waals surface area contributed by atoms with Gasteiger partial charge >= 0.3 is 0 Å². The number of piperidine rings is 1. The molecule has 98 valence electrons. The standard InChI is InChI=1S/C14H19IN2O/c1-9-6-7-16-8-12(9)17-14(18)11-5-3-4-10(2)13(11)15/h3-5,9,12,16H,6-8H2,1-2H3,(H,17,18). The molecule has 4 heteroatoms. The molecule has 1 saturated heterocycles. The molecular formula is C14H19IN2O. The van der Waals surface area contributed by atoms with Crippen molar-refractivity contribution >= 4 is 28.5 Å². The Hall–Kier alpha value is -0.620. The minimum Gasteiger partial charge on any atom is -0.348 e. The van der Waals surface area contributed by atoms with Gasteiger partial charge in [-0.25, -0.2) is 0 Å². The Kier molecular flexibility index (Phi) is 4.61. The summed E-state index contributed by atoms with van der Waals surface area (Å²) in [5.74, 6) is 0.585. The molecule has 0 aromatic heterocycles. The van der Waals surface area contributed by atoms with Crippen LogP contribution in [0.15, 0.2) is 18.2 Å². The van der Waals surface area contributed by atoms with Gasteiger partial charge in [0.2, 0.25) is 0 Å². The van der Waals surface area contributed by atoms with Crippen molar-refractivity contribution < 1.29 is 4.79 Å². The van der Waals surface area contributed by atoms with Gasteiger partial charge in [0, 0.05) is 16.2 Å². The number of hydrogen-bond donors (Lipinski definition) is 2. The molecule has 0 saturated carbocycles. The average molecular weight is 358 g/mol. The van der Waals surface area contributed by atoms with Gasteiger partial charge in [-0.3, -0.25) is 4.79 Å². The minimum absolute atomic E-state index is 0.0450. The maximum atomic E-state index is 12.3. The van der Waals surface area contributed by atoms with Crippen molar-refractivity contribution in [1.82, 2.24) is 10.6 Å². The van der Waals surface area contributed by atoms with Gasteiger partial charge in [-0.15, -0.1) is 0 Å². The summed E-state index contributed by atoms with van der Waals surface area (Å²) in [5, 5.41) is 6.48. The van der Waals surface area contributed by atoms with Crippen molar-refractivity contribution in [3.63, 3.8) is 0 Å². The molecule has 0 bridgehead atoms. The van der Waals surface area contributed by atoms with Crippen molar-refractivity contribution in [2.24, 2.45) is 5.92 Å². The summed E-state index contributed by atoms with van der Waals surface area (Å²) in [6.07, 6.45) is 1.12. The number of halogens is 1. The third-order valence-corrected chi connectivity index (χ3v) is 5.01. The zero-order chi connectivity index (χ0) is 13.1. The van der Waals surface area contributed by atoms with E-state index in [1.165, 1.54) is 0 Å². The molecule has 2 unspecified atom stereocenters. The van der Waals surface area contributed by atoms with Crippen LogP contribution in [-0.2, 0) is 0 Å². The first-order chi connectivity index (χ1) is 8.59. The molecule has 1 fully saturated rings. The maximum Gasteiger partial charge on any atom is 0.252 e. The molecular weight excluding hydrogens is 339 g/mol. The number of carbonyl (C=O) groups is 1. The second-order valence-electron chi connectivity index (χ2n) is 4.99. The van der Waals surface area contributed by atoms with Crippen LogP contribution in [0.3, 0.4) is 0 Å². The normalized spacial score (nSPS) is 23.7. The lowest BCUT2D eigenvalue weighted by molar-refractivity contribution is 0.0914. The summed E-state index contributed by atoms with van der Waals surface area (Å²) in [5.41, 5.74) is 1.94. The fraction of sp³-hybridized carbons (Fsp3) is 0.500. The smallest absolute Gasteiger partial charge is 0.252 e. The Morgan fingerprint density at radius 2 is 2.28 bits per heavy atom. The van der Waals surface area contributed by atoms with E-state index in [1.54, 1.807) is 0 Å². The van der Waals surface area contributed by atoms with E-state index in [2.05, 4.69) is 40.1 Å². The van der Waals surface area contributed by atoms with Gasteiger partial charge in [0.1, 0.15) is 0 Å². The Labute approximate surface area is 122 Å². The Morgan fingerprint density at radius 3 is 3.00 bits per heavy atom. The fourth-order valence-electron chi connectivity index (χ4n) is 2.25. The van der Waals surface area contributed by atoms with Crippen LogP contribution in [0.25, 0.3) is 0 Å². The van der Waals surface area contributed by atoms with Crippen LogP contribution >= 0.6 is 22.6 Å². The highest BCUT2D eigenvalue weighted by molar-refractivity contribution is 14.1. The third kappa shape index (κ3) is 3.03. The lowest BCUT2D eigenvalue weighted by Crippen LogP contribution is -2.50. The predicted molar refractivity (Wildman–Crippen MR) is 81.8 cm³/mol. The van der Waals surface area contributed by atoms with Crippen LogP contribution in [0.1, 0.15) is 29.3 Å². The van der Waals surface area contributed by atoms with E-state index in [-0.39, 0.29) is 11.9 Å². The number of nitrogens with one attached hydrogen (secondary N) is 2. The molecule has 1 aromatic carbocycles. The maximum absolute atomic E-state index is 12.3. The van der Waals surface area contributed by atoms with Crippen LogP contribution in [0.2, 0.25) is 0 Å². The van der Waals surface area contributed by atoms with Gasteiger partial charge in [-0.2, -0.15) is 0 Å². The van der Waals surface area contributed by atoms with E-state index in [9.17, 15) is 4.79 Å². The molecule has 2 rings (SSSR count). The SMILES string of the molecule is Cc1cccc(C(=O)NC2CNCCC2C)c1I. The molecule has 1 aromatic rings. The topological polar surface area (TPSA) is 41.1 Å². The van der Waals surface area contributed by atoms with Crippen molar-refractivity contribution in [2.75, 3.05) is 13.1 Å². The zero-order valence-corrected chi connectivity index (χ0v) is 13.0. The molecule has 1 aliphatic heterocycles. The molecule has 3 nitrogen and oxygen atoms in total. The second-order valence-corrected chi connectivity index (χ2v) is 6.07. The van der Waals surface area contributed by atoms with E-state index in [0.717, 1.165) is 34.2 Å². The van der Waals surface area contributed by atoms with Crippen molar-refractivity contribution in [3.8, 4) is 0 Å². The van der Waals surface area contributed by atoms with Gasteiger partial charge in [0.15, 0.2) is 0 Å². The molecule has 1 heterocycles. The van der Waals surface area contributed by atoms with Crippen LogP contribution in [0.5, 0.6) is 0 Å². The summed E-state index contributed by atoms with van der Waals surface area (Å²) >= 11 is 2.24. The lowest BCUT2D eigenvalue weighted by Gasteiger charge is -2.30. The highest BCUT2D eigenvalue weighted by Gasteiger charge is 2.23. The number of aryl methyl sites for hydroxylation is 1. The Bertz CT molecular complexity index is 447. The van der Waals surface area contributed by atoms with Crippen LogP contribution in [0, 0.1) is 16.4 Å². The lowest BCUT2D eigenvalue weighted by atomic mass is 9.94. The average Bonchev–Trinajstić information content (AvgIpc) is 2.35. The van der Waals surface area contributed by atoms with Crippen molar-refractivity contribution in [2.45, 2.75) is 26.3 Å².